The van der Waals surface area contributed by atoms with Gasteiger partial charge < -0.3 is 10.2 Å². The minimum atomic E-state index is -2.81. The normalized spacial score (nSPS) is 17.2. The third-order valence-corrected chi connectivity index (χ3v) is 3.28. The number of benzene rings is 1. The number of halogens is 2. The summed E-state index contributed by atoms with van der Waals surface area (Å²) in [6, 6.07) is 2.58. The minimum Gasteiger partial charge on any atom is -0.507 e. The molecule has 92 valence electrons. The number of carboxylic acid groups (broad SMARTS) is 1. The van der Waals surface area contributed by atoms with Crippen LogP contribution in [0.3, 0.4) is 0 Å². The number of phenols is 1. The van der Waals surface area contributed by atoms with Gasteiger partial charge in [-0.15, -0.1) is 0 Å². The van der Waals surface area contributed by atoms with Gasteiger partial charge >= 0.3 is 5.97 Å². The average molecular weight is 242 g/mol. The first kappa shape index (κ1) is 11.8. The molecular formula is C12H12F2O3. The van der Waals surface area contributed by atoms with Gasteiger partial charge in [-0.25, -0.2) is 8.78 Å². The van der Waals surface area contributed by atoms with E-state index in [-0.39, 0.29) is 5.56 Å². The summed E-state index contributed by atoms with van der Waals surface area (Å²) in [6.45, 7) is 1.49. The summed E-state index contributed by atoms with van der Waals surface area (Å²) < 4.78 is 25.4. The van der Waals surface area contributed by atoms with Crippen LogP contribution < -0.4 is 0 Å². The van der Waals surface area contributed by atoms with Gasteiger partial charge in [-0.2, -0.15) is 0 Å². The molecule has 0 unspecified atom stereocenters. The molecule has 2 rings (SSSR count). The number of alkyl halides is 2. The molecule has 1 aliphatic carbocycles. The van der Waals surface area contributed by atoms with Crippen LogP contribution in [0.2, 0.25) is 0 Å². The van der Waals surface area contributed by atoms with E-state index < -0.39 is 29.1 Å². The maximum atomic E-state index is 12.7. The Hall–Kier alpha value is -1.65. The van der Waals surface area contributed by atoms with Crippen molar-refractivity contribution in [3.8, 4) is 5.75 Å². The van der Waals surface area contributed by atoms with Gasteiger partial charge in [-0.1, -0.05) is 6.07 Å². The Balaban J connectivity index is 2.54. The largest absolute Gasteiger partial charge is 0.507 e. The molecule has 2 N–H and O–H groups in total. The number of hydrogen-bond acceptors (Lipinski definition) is 2. The van der Waals surface area contributed by atoms with Gasteiger partial charge in [0.05, 0.1) is 11.0 Å². The Bertz CT molecular complexity index is 479. The third-order valence-electron chi connectivity index (χ3n) is 3.28. The Labute approximate surface area is 96.7 Å². The van der Waals surface area contributed by atoms with Gasteiger partial charge in [0, 0.05) is 0 Å². The molecule has 1 saturated carbocycles. The number of phenolic OH excluding ortho intramolecular Hbond substituents is 1. The van der Waals surface area contributed by atoms with Crippen LogP contribution in [0.1, 0.15) is 36.0 Å². The zero-order valence-corrected chi connectivity index (χ0v) is 9.20. The first-order valence-corrected chi connectivity index (χ1v) is 5.24. The maximum absolute atomic E-state index is 12.7. The number of rotatable bonds is 3. The number of aliphatic carboxylic acids is 1. The van der Waals surface area contributed by atoms with Crippen molar-refractivity contribution in [2.45, 2.75) is 31.6 Å². The van der Waals surface area contributed by atoms with Crippen molar-refractivity contribution in [2.24, 2.45) is 0 Å². The molecule has 0 radical (unpaired) electrons. The fourth-order valence-electron chi connectivity index (χ4n) is 2.00. The molecule has 0 saturated heterocycles. The van der Waals surface area contributed by atoms with E-state index in [4.69, 9.17) is 5.11 Å². The Morgan fingerprint density at radius 2 is 2.00 bits per heavy atom. The number of aryl methyl sites for hydroxylation is 1. The van der Waals surface area contributed by atoms with Crippen LogP contribution in [0.15, 0.2) is 12.1 Å². The molecule has 1 aromatic rings. The van der Waals surface area contributed by atoms with Gasteiger partial charge in [0.1, 0.15) is 5.75 Å². The highest BCUT2D eigenvalue weighted by Gasteiger charge is 2.52. The molecule has 1 aliphatic rings. The predicted octanol–water partition coefficient (Wildman–Crippen LogP) is 2.75. The van der Waals surface area contributed by atoms with Crippen molar-refractivity contribution in [3.05, 3.63) is 28.8 Å². The molecule has 17 heavy (non-hydrogen) atoms. The molecule has 0 aliphatic heterocycles. The second-order valence-electron chi connectivity index (χ2n) is 4.42. The lowest BCUT2D eigenvalue weighted by Crippen LogP contribution is -2.19. The first-order chi connectivity index (χ1) is 7.88. The van der Waals surface area contributed by atoms with Crippen molar-refractivity contribution in [3.63, 3.8) is 0 Å². The summed E-state index contributed by atoms with van der Waals surface area (Å²) in [4.78, 5) is 11.1. The summed E-state index contributed by atoms with van der Waals surface area (Å²) in [5, 5.41) is 18.6. The Morgan fingerprint density at radius 3 is 2.41 bits per heavy atom. The van der Waals surface area contributed by atoms with Gasteiger partial charge in [-0.05, 0) is 37.0 Å². The summed E-state index contributed by atoms with van der Waals surface area (Å²) in [5.74, 6) is -1.45. The van der Waals surface area contributed by atoms with Crippen LogP contribution in [-0.4, -0.2) is 16.2 Å². The van der Waals surface area contributed by atoms with Crippen LogP contribution in [0, 0.1) is 6.92 Å². The number of carbonyl (C=O) groups is 1. The van der Waals surface area contributed by atoms with Gasteiger partial charge in [0.25, 0.3) is 6.43 Å². The topological polar surface area (TPSA) is 57.5 Å². The second-order valence-corrected chi connectivity index (χ2v) is 4.42. The zero-order valence-electron chi connectivity index (χ0n) is 9.20. The summed E-state index contributed by atoms with van der Waals surface area (Å²) in [5.41, 5.74) is -0.879. The summed E-state index contributed by atoms with van der Waals surface area (Å²) in [7, 11) is 0. The lowest BCUT2D eigenvalue weighted by atomic mass is 9.92. The van der Waals surface area contributed by atoms with Gasteiger partial charge in [0.15, 0.2) is 0 Å². The predicted molar refractivity (Wildman–Crippen MR) is 56.3 cm³/mol. The SMILES string of the molecule is Cc1cc(C2(C(=O)O)CC2)cc(C(F)F)c1O. The smallest absolute Gasteiger partial charge is 0.314 e. The highest BCUT2D eigenvalue weighted by molar-refractivity contribution is 5.85. The van der Waals surface area contributed by atoms with Gasteiger partial charge in [-0.3, -0.25) is 4.79 Å². The molecule has 0 atom stereocenters. The molecule has 1 aromatic carbocycles. The molecule has 1 fully saturated rings. The standard InChI is InChI=1S/C12H12F2O3/c1-6-4-7(12(2-3-12)11(16)17)5-8(9(6)15)10(13)14/h4-5,10,15H,2-3H2,1H3,(H,16,17). The monoisotopic (exact) mass is 242 g/mol. The molecule has 0 amide bonds. The minimum absolute atomic E-state index is 0.283. The average Bonchev–Trinajstić information content (AvgIpc) is 3.02. The van der Waals surface area contributed by atoms with Gasteiger partial charge in [0.2, 0.25) is 0 Å². The van der Waals surface area contributed by atoms with Crippen molar-refractivity contribution in [2.75, 3.05) is 0 Å². The van der Waals surface area contributed by atoms with E-state index in [2.05, 4.69) is 0 Å². The number of aromatic hydroxyl groups is 1. The lowest BCUT2D eigenvalue weighted by Gasteiger charge is -2.14. The first-order valence-electron chi connectivity index (χ1n) is 5.24. The van der Waals surface area contributed by atoms with E-state index in [0.717, 1.165) is 6.07 Å². The maximum Gasteiger partial charge on any atom is 0.314 e. The van der Waals surface area contributed by atoms with Crippen molar-refractivity contribution < 1.29 is 23.8 Å². The van der Waals surface area contributed by atoms with Crippen molar-refractivity contribution in [1.82, 2.24) is 0 Å². The third kappa shape index (κ3) is 1.75. The number of carboxylic acids is 1. The summed E-state index contributed by atoms with van der Waals surface area (Å²) >= 11 is 0. The van der Waals surface area contributed by atoms with Crippen LogP contribution in [0.25, 0.3) is 0 Å². The number of hydrogen-bond donors (Lipinski definition) is 2. The van der Waals surface area contributed by atoms with E-state index in [9.17, 15) is 18.7 Å². The molecule has 3 nitrogen and oxygen atoms in total. The van der Waals surface area contributed by atoms with Crippen LogP contribution in [0.5, 0.6) is 5.75 Å². The van der Waals surface area contributed by atoms with E-state index in [0.29, 0.717) is 18.4 Å². The van der Waals surface area contributed by atoms with E-state index in [1.807, 2.05) is 0 Å². The van der Waals surface area contributed by atoms with E-state index in [1.165, 1.54) is 13.0 Å². The molecule has 0 heterocycles. The zero-order chi connectivity index (χ0) is 12.8. The van der Waals surface area contributed by atoms with Crippen LogP contribution in [-0.2, 0) is 10.2 Å². The van der Waals surface area contributed by atoms with Crippen LogP contribution >= 0.6 is 0 Å². The molecule has 0 spiro atoms. The molecule has 0 aromatic heterocycles. The highest BCUT2D eigenvalue weighted by Crippen LogP contribution is 2.50. The lowest BCUT2D eigenvalue weighted by molar-refractivity contribution is -0.140. The summed E-state index contributed by atoms with van der Waals surface area (Å²) in [6.07, 6.45) is -1.90. The fourth-order valence-corrected chi connectivity index (χ4v) is 2.00. The Kier molecular flexibility index (Phi) is 2.56. The molecule has 5 heteroatoms. The van der Waals surface area contributed by atoms with Crippen molar-refractivity contribution >= 4 is 5.97 Å². The Morgan fingerprint density at radius 1 is 1.41 bits per heavy atom. The van der Waals surface area contributed by atoms with E-state index >= 15 is 0 Å². The van der Waals surface area contributed by atoms with Crippen molar-refractivity contribution in [1.29, 1.82) is 0 Å². The van der Waals surface area contributed by atoms with Crippen LogP contribution in [0.4, 0.5) is 8.78 Å². The molecule has 0 bridgehead atoms. The molecular weight excluding hydrogens is 230 g/mol. The quantitative estimate of drug-likeness (QED) is 0.856. The highest BCUT2D eigenvalue weighted by atomic mass is 19.3. The van der Waals surface area contributed by atoms with E-state index in [1.54, 1.807) is 0 Å². The fraction of sp³-hybridized carbons (Fsp3) is 0.417. The second kappa shape index (κ2) is 3.68.